The van der Waals surface area contributed by atoms with E-state index in [1.807, 2.05) is 0 Å². The molecule has 5 heteroatoms. The summed E-state index contributed by atoms with van der Waals surface area (Å²) in [6.45, 7) is 10.6. The number of aliphatic hydroxyl groups is 2. The largest absolute Gasteiger partial charge is 0.414 e. The van der Waals surface area contributed by atoms with Crippen molar-refractivity contribution < 1.29 is 23.4 Å². The first-order valence-electron chi connectivity index (χ1n) is 12.7. The second kappa shape index (κ2) is 7.61. The maximum Gasteiger partial charge on any atom is 0.414 e. The van der Waals surface area contributed by atoms with Gasteiger partial charge in [0.15, 0.2) is 6.10 Å². The highest BCUT2D eigenvalue weighted by Gasteiger charge is 2.63. The van der Waals surface area contributed by atoms with Crippen LogP contribution >= 0.6 is 0 Å². The van der Waals surface area contributed by atoms with Gasteiger partial charge in [0.05, 0.1) is 5.60 Å². The van der Waals surface area contributed by atoms with Crippen LogP contribution in [0.15, 0.2) is 0 Å². The summed E-state index contributed by atoms with van der Waals surface area (Å²) < 4.78 is 39.8. The van der Waals surface area contributed by atoms with Gasteiger partial charge in [0.2, 0.25) is 0 Å². The molecular weight excluding hydrogens is 401 g/mol. The molecule has 4 aliphatic rings. The number of hydrogen-bond donors (Lipinski definition) is 2. The van der Waals surface area contributed by atoms with E-state index < -0.39 is 23.8 Å². The Labute approximate surface area is 186 Å². The highest BCUT2D eigenvalue weighted by molar-refractivity contribution is 5.11. The second-order valence-electron chi connectivity index (χ2n) is 12.7. The first-order valence-corrected chi connectivity index (χ1v) is 12.7. The fraction of sp³-hybridized carbons (Fsp3) is 1.00. The summed E-state index contributed by atoms with van der Waals surface area (Å²) >= 11 is 0. The lowest BCUT2D eigenvalue weighted by Crippen LogP contribution is -2.57. The van der Waals surface area contributed by atoms with Crippen molar-refractivity contribution in [3.05, 3.63) is 0 Å². The van der Waals surface area contributed by atoms with Gasteiger partial charge in [0, 0.05) is 0 Å². The van der Waals surface area contributed by atoms with Crippen LogP contribution in [0.25, 0.3) is 0 Å². The molecule has 4 aliphatic carbocycles. The van der Waals surface area contributed by atoms with Gasteiger partial charge in [0.1, 0.15) is 0 Å². The molecule has 0 aliphatic heterocycles. The Bertz CT molecular complexity index is 678. The quantitative estimate of drug-likeness (QED) is 0.515. The molecule has 4 fully saturated rings. The molecule has 0 saturated heterocycles. The SMILES string of the molecule is CC(C)[C@@]1(O)CC[C@@]2(C)[C@H](CC[C@@H]3[C@@H]2CC[C@]2(C)[C@@H]([C@H](C)[C@H](O)C(F)(F)F)CC[C@@H]32)C1. The van der Waals surface area contributed by atoms with Gasteiger partial charge < -0.3 is 10.2 Å². The van der Waals surface area contributed by atoms with Crippen LogP contribution in [0.1, 0.15) is 92.4 Å². The van der Waals surface area contributed by atoms with Gasteiger partial charge in [-0.3, -0.25) is 0 Å². The Balaban J connectivity index is 1.54. The monoisotopic (exact) mass is 444 g/mol. The lowest BCUT2D eigenvalue weighted by molar-refractivity contribution is -0.228. The van der Waals surface area contributed by atoms with Crippen LogP contribution in [0.5, 0.6) is 0 Å². The Morgan fingerprint density at radius 2 is 1.48 bits per heavy atom. The fourth-order valence-electron chi connectivity index (χ4n) is 9.22. The Hall–Kier alpha value is -0.290. The predicted octanol–water partition coefficient (Wildman–Crippen LogP) is 6.59. The van der Waals surface area contributed by atoms with Crippen LogP contribution in [0.3, 0.4) is 0 Å². The van der Waals surface area contributed by atoms with Crippen molar-refractivity contribution in [1.82, 2.24) is 0 Å². The number of rotatable bonds is 3. The van der Waals surface area contributed by atoms with E-state index in [0.29, 0.717) is 23.7 Å². The van der Waals surface area contributed by atoms with Crippen molar-refractivity contribution >= 4 is 0 Å². The molecule has 0 spiro atoms. The van der Waals surface area contributed by atoms with Crippen LogP contribution in [0.2, 0.25) is 0 Å². The molecular formula is C26H43F3O2. The minimum Gasteiger partial charge on any atom is -0.390 e. The number of halogens is 3. The maximum absolute atomic E-state index is 13.3. The molecule has 180 valence electrons. The molecule has 4 saturated carbocycles. The topological polar surface area (TPSA) is 40.5 Å². The van der Waals surface area contributed by atoms with Gasteiger partial charge in [-0.2, -0.15) is 13.2 Å². The molecule has 0 aromatic carbocycles. The lowest BCUT2D eigenvalue weighted by Gasteiger charge is -2.62. The zero-order valence-electron chi connectivity index (χ0n) is 20.0. The highest BCUT2D eigenvalue weighted by atomic mass is 19.4. The summed E-state index contributed by atoms with van der Waals surface area (Å²) in [5, 5.41) is 21.2. The molecule has 0 aromatic rings. The molecule has 31 heavy (non-hydrogen) atoms. The molecule has 0 radical (unpaired) electrons. The summed E-state index contributed by atoms with van der Waals surface area (Å²) in [4.78, 5) is 0. The molecule has 4 rings (SSSR count). The Morgan fingerprint density at radius 1 is 0.839 bits per heavy atom. The van der Waals surface area contributed by atoms with E-state index in [4.69, 9.17) is 0 Å². The highest BCUT2D eigenvalue weighted by Crippen LogP contribution is 2.69. The molecule has 0 aromatic heterocycles. The number of alkyl halides is 3. The van der Waals surface area contributed by atoms with E-state index in [9.17, 15) is 23.4 Å². The normalized spacial score (nSPS) is 49.8. The third-order valence-corrected chi connectivity index (χ3v) is 11.4. The van der Waals surface area contributed by atoms with E-state index in [2.05, 4.69) is 27.7 Å². The third-order valence-electron chi connectivity index (χ3n) is 11.4. The summed E-state index contributed by atoms with van der Waals surface area (Å²) in [5.41, 5.74) is -0.383. The van der Waals surface area contributed by atoms with E-state index in [0.717, 1.165) is 57.8 Å². The average molecular weight is 445 g/mol. The summed E-state index contributed by atoms with van der Waals surface area (Å²) in [7, 11) is 0. The first kappa shape index (κ1) is 23.9. The minimum atomic E-state index is -4.54. The van der Waals surface area contributed by atoms with Crippen molar-refractivity contribution in [3.8, 4) is 0 Å². The van der Waals surface area contributed by atoms with Gasteiger partial charge >= 0.3 is 6.18 Å². The number of fused-ring (bicyclic) bond motifs is 5. The molecule has 0 bridgehead atoms. The van der Waals surface area contributed by atoms with Crippen molar-refractivity contribution in [2.24, 2.45) is 52.3 Å². The second-order valence-corrected chi connectivity index (χ2v) is 12.7. The average Bonchev–Trinajstić information content (AvgIpc) is 3.04. The van der Waals surface area contributed by atoms with E-state index in [1.54, 1.807) is 6.92 Å². The molecule has 0 heterocycles. The zero-order valence-corrected chi connectivity index (χ0v) is 20.0. The van der Waals surface area contributed by atoms with E-state index in [1.165, 1.54) is 0 Å². The van der Waals surface area contributed by atoms with Crippen LogP contribution in [0, 0.1) is 52.3 Å². The van der Waals surface area contributed by atoms with Crippen molar-refractivity contribution in [3.63, 3.8) is 0 Å². The Kier molecular flexibility index (Phi) is 5.86. The molecule has 2 N–H and O–H groups in total. The summed E-state index contributed by atoms with van der Waals surface area (Å²) in [6, 6.07) is 0. The number of hydrogen-bond acceptors (Lipinski definition) is 2. The molecule has 10 atom stereocenters. The predicted molar refractivity (Wildman–Crippen MR) is 116 cm³/mol. The van der Waals surface area contributed by atoms with Crippen LogP contribution in [0.4, 0.5) is 13.2 Å². The Morgan fingerprint density at radius 3 is 2.10 bits per heavy atom. The smallest absolute Gasteiger partial charge is 0.390 e. The summed E-state index contributed by atoms with van der Waals surface area (Å²) in [6.07, 6.45) is 2.29. The van der Waals surface area contributed by atoms with Gasteiger partial charge in [0.25, 0.3) is 0 Å². The zero-order chi connectivity index (χ0) is 23.0. The summed E-state index contributed by atoms with van der Waals surface area (Å²) in [5.74, 6) is 1.73. The van der Waals surface area contributed by atoms with Crippen molar-refractivity contribution in [2.75, 3.05) is 0 Å². The van der Waals surface area contributed by atoms with Gasteiger partial charge in [-0.15, -0.1) is 0 Å². The van der Waals surface area contributed by atoms with Crippen molar-refractivity contribution in [2.45, 2.75) is 110 Å². The van der Waals surface area contributed by atoms with Gasteiger partial charge in [-0.1, -0.05) is 34.6 Å². The first-order chi connectivity index (χ1) is 14.2. The standard InChI is InChI=1S/C26H43F3O2/c1-15(2)25(31)13-12-23(4)17(14-25)6-7-18-20-9-8-19(16(3)22(30)26(27,28)29)24(20,5)11-10-21(18)23/h15-22,30-31H,6-14H2,1-5H3/t16-,17+,18-,19+,20-,21-,22-,23-,24+,25+/m0/s1. The van der Waals surface area contributed by atoms with E-state index in [-0.39, 0.29) is 22.7 Å². The van der Waals surface area contributed by atoms with Gasteiger partial charge in [-0.25, -0.2) is 0 Å². The van der Waals surface area contributed by atoms with Gasteiger partial charge in [-0.05, 0) is 110 Å². The fourth-order valence-corrected chi connectivity index (χ4v) is 9.22. The van der Waals surface area contributed by atoms with Crippen LogP contribution < -0.4 is 0 Å². The molecule has 0 unspecified atom stereocenters. The molecule has 2 nitrogen and oxygen atoms in total. The lowest BCUT2D eigenvalue weighted by atomic mass is 9.43. The van der Waals surface area contributed by atoms with Crippen LogP contribution in [-0.2, 0) is 0 Å². The third kappa shape index (κ3) is 3.59. The number of aliphatic hydroxyl groups excluding tert-OH is 1. The van der Waals surface area contributed by atoms with E-state index >= 15 is 0 Å². The molecule has 0 amide bonds. The van der Waals surface area contributed by atoms with Crippen molar-refractivity contribution in [1.29, 1.82) is 0 Å². The van der Waals surface area contributed by atoms with Crippen LogP contribution in [-0.4, -0.2) is 28.1 Å². The maximum atomic E-state index is 13.3. The minimum absolute atomic E-state index is 0.0574.